The molecule has 6 heteroatoms. The van der Waals surface area contributed by atoms with Crippen molar-refractivity contribution in [3.8, 4) is 5.75 Å². The molecule has 6 nitrogen and oxygen atoms in total. The summed E-state index contributed by atoms with van der Waals surface area (Å²) >= 11 is 0. The first-order valence-corrected chi connectivity index (χ1v) is 8.25. The molecule has 0 saturated heterocycles. The predicted octanol–water partition coefficient (Wildman–Crippen LogP) is 2.84. The normalized spacial score (nSPS) is 12.3. The molecule has 3 N–H and O–H groups in total. The molecule has 1 atom stereocenters. The molecule has 0 unspecified atom stereocenters. The van der Waals surface area contributed by atoms with E-state index in [0.29, 0.717) is 18.0 Å². The number of hydrogen-bond acceptors (Lipinski definition) is 4. The predicted molar refractivity (Wildman–Crippen MR) is 97.4 cm³/mol. The summed E-state index contributed by atoms with van der Waals surface area (Å²) in [7, 11) is 0. The molecule has 0 radical (unpaired) electrons. The van der Waals surface area contributed by atoms with E-state index in [1.165, 1.54) is 0 Å². The average molecular weight is 338 g/mol. The van der Waals surface area contributed by atoms with Crippen molar-refractivity contribution < 1.29 is 9.53 Å². The summed E-state index contributed by atoms with van der Waals surface area (Å²) in [6, 6.07) is 12.5. The summed E-state index contributed by atoms with van der Waals surface area (Å²) in [6.45, 7) is 4.21. The quantitative estimate of drug-likeness (QED) is 0.724. The number of aromatic nitrogens is 2. The van der Waals surface area contributed by atoms with Crippen molar-refractivity contribution in [2.24, 2.45) is 11.7 Å². The van der Waals surface area contributed by atoms with Crippen molar-refractivity contribution >= 4 is 17.2 Å². The van der Waals surface area contributed by atoms with E-state index in [2.05, 4.69) is 10.3 Å². The van der Waals surface area contributed by atoms with Crippen LogP contribution in [0.2, 0.25) is 0 Å². The third-order valence-corrected chi connectivity index (χ3v) is 3.94. The largest absolute Gasteiger partial charge is 0.487 e. The van der Waals surface area contributed by atoms with Gasteiger partial charge in [0.15, 0.2) is 0 Å². The highest BCUT2D eigenvalue weighted by molar-refractivity contribution is 5.94. The summed E-state index contributed by atoms with van der Waals surface area (Å²) in [4.78, 5) is 16.4. The number of pyridine rings is 1. The standard InChI is InChI=1S/C19H22N4O2/c1-13(2)18(20)19(24)22-14-6-8-16(9-7-14)25-12-15-11-23-10-4-3-5-17(23)21-15/h3-11,13,18H,12,20H2,1-2H3,(H,22,24)/t18-/m0/s1. The van der Waals surface area contributed by atoms with E-state index < -0.39 is 6.04 Å². The first-order valence-electron chi connectivity index (χ1n) is 8.25. The second-order valence-electron chi connectivity index (χ2n) is 6.27. The number of carbonyl (C=O) groups is 1. The second kappa shape index (κ2) is 7.36. The van der Waals surface area contributed by atoms with Crippen molar-refractivity contribution in [3.63, 3.8) is 0 Å². The van der Waals surface area contributed by atoms with Crippen LogP contribution >= 0.6 is 0 Å². The lowest BCUT2D eigenvalue weighted by Crippen LogP contribution is -2.39. The van der Waals surface area contributed by atoms with Crippen LogP contribution in [0, 0.1) is 5.92 Å². The van der Waals surface area contributed by atoms with Crippen LogP contribution in [0.25, 0.3) is 5.65 Å². The maximum absolute atomic E-state index is 12.0. The molecule has 0 aliphatic heterocycles. The van der Waals surface area contributed by atoms with Crippen LogP contribution in [-0.2, 0) is 11.4 Å². The smallest absolute Gasteiger partial charge is 0.241 e. The molecular formula is C19H22N4O2. The van der Waals surface area contributed by atoms with E-state index in [1.54, 1.807) is 12.1 Å². The van der Waals surface area contributed by atoms with Crippen molar-refractivity contribution in [3.05, 3.63) is 60.6 Å². The highest BCUT2D eigenvalue weighted by Gasteiger charge is 2.17. The zero-order valence-corrected chi connectivity index (χ0v) is 14.3. The van der Waals surface area contributed by atoms with Crippen LogP contribution in [0.4, 0.5) is 5.69 Å². The van der Waals surface area contributed by atoms with Gasteiger partial charge in [-0.25, -0.2) is 4.98 Å². The number of rotatable bonds is 6. The molecule has 2 heterocycles. The SMILES string of the molecule is CC(C)[C@H](N)C(=O)Nc1ccc(OCc2cn3ccccc3n2)cc1. The van der Waals surface area contributed by atoms with Gasteiger partial charge in [-0.1, -0.05) is 19.9 Å². The Morgan fingerprint density at radius 2 is 2.00 bits per heavy atom. The van der Waals surface area contributed by atoms with E-state index >= 15 is 0 Å². The molecule has 0 spiro atoms. The van der Waals surface area contributed by atoms with E-state index in [-0.39, 0.29) is 11.8 Å². The van der Waals surface area contributed by atoms with Gasteiger partial charge in [-0.15, -0.1) is 0 Å². The van der Waals surface area contributed by atoms with Crippen LogP contribution < -0.4 is 15.8 Å². The number of nitrogens with zero attached hydrogens (tertiary/aromatic N) is 2. The fourth-order valence-electron chi connectivity index (χ4n) is 2.38. The summed E-state index contributed by atoms with van der Waals surface area (Å²) < 4.78 is 7.71. The molecule has 0 aliphatic rings. The maximum atomic E-state index is 12.0. The van der Waals surface area contributed by atoms with Gasteiger partial charge >= 0.3 is 0 Å². The van der Waals surface area contributed by atoms with E-state index in [4.69, 9.17) is 10.5 Å². The number of fused-ring (bicyclic) bond motifs is 1. The molecule has 0 fully saturated rings. The van der Waals surface area contributed by atoms with Crippen LogP contribution in [0.1, 0.15) is 19.5 Å². The van der Waals surface area contributed by atoms with E-state index in [1.807, 2.05) is 61.0 Å². The summed E-state index contributed by atoms with van der Waals surface area (Å²) in [5.74, 6) is 0.615. The summed E-state index contributed by atoms with van der Waals surface area (Å²) in [5, 5.41) is 2.81. The Hall–Kier alpha value is -2.86. The Labute approximate surface area is 146 Å². The van der Waals surface area contributed by atoms with Crippen LogP contribution in [-0.4, -0.2) is 21.3 Å². The molecule has 0 bridgehead atoms. The van der Waals surface area contributed by atoms with E-state index in [0.717, 1.165) is 11.3 Å². The number of amides is 1. The lowest BCUT2D eigenvalue weighted by Gasteiger charge is -2.15. The Kier molecular flexibility index (Phi) is 5.00. The number of ether oxygens (including phenoxy) is 1. The lowest BCUT2D eigenvalue weighted by molar-refractivity contribution is -0.118. The number of hydrogen-bond donors (Lipinski definition) is 2. The van der Waals surface area contributed by atoms with Crippen LogP contribution in [0.15, 0.2) is 54.9 Å². The zero-order valence-electron chi connectivity index (χ0n) is 14.3. The van der Waals surface area contributed by atoms with Crippen molar-refractivity contribution in [2.75, 3.05) is 5.32 Å². The minimum Gasteiger partial charge on any atom is -0.487 e. The lowest BCUT2D eigenvalue weighted by atomic mass is 10.1. The Morgan fingerprint density at radius 3 is 2.68 bits per heavy atom. The van der Waals surface area contributed by atoms with Crippen LogP contribution in [0.3, 0.4) is 0 Å². The Bertz CT molecular complexity index is 822. The second-order valence-corrected chi connectivity index (χ2v) is 6.27. The van der Waals surface area contributed by atoms with Gasteiger partial charge in [0.05, 0.1) is 11.7 Å². The fourth-order valence-corrected chi connectivity index (χ4v) is 2.38. The van der Waals surface area contributed by atoms with Gasteiger partial charge in [-0.3, -0.25) is 4.79 Å². The van der Waals surface area contributed by atoms with Gasteiger partial charge in [0, 0.05) is 18.1 Å². The van der Waals surface area contributed by atoms with Crippen LogP contribution in [0.5, 0.6) is 5.75 Å². The van der Waals surface area contributed by atoms with Gasteiger partial charge in [0.2, 0.25) is 5.91 Å². The topological polar surface area (TPSA) is 81.7 Å². The van der Waals surface area contributed by atoms with Gasteiger partial charge in [0.25, 0.3) is 0 Å². The Balaban J connectivity index is 1.58. The van der Waals surface area contributed by atoms with Gasteiger partial charge in [-0.2, -0.15) is 0 Å². The maximum Gasteiger partial charge on any atom is 0.241 e. The summed E-state index contributed by atoms with van der Waals surface area (Å²) in [6.07, 6.45) is 3.89. The molecule has 3 rings (SSSR count). The highest BCUT2D eigenvalue weighted by Crippen LogP contribution is 2.17. The molecule has 1 amide bonds. The molecule has 130 valence electrons. The monoisotopic (exact) mass is 338 g/mol. The Morgan fingerprint density at radius 1 is 1.24 bits per heavy atom. The molecule has 0 saturated carbocycles. The van der Waals surface area contributed by atoms with Crippen molar-refractivity contribution in [1.82, 2.24) is 9.38 Å². The number of benzene rings is 1. The molecule has 3 aromatic rings. The van der Waals surface area contributed by atoms with Gasteiger partial charge in [-0.05, 0) is 42.3 Å². The molecule has 2 aromatic heterocycles. The van der Waals surface area contributed by atoms with Crippen molar-refractivity contribution in [2.45, 2.75) is 26.5 Å². The van der Waals surface area contributed by atoms with Gasteiger partial charge in [0.1, 0.15) is 18.0 Å². The first-order chi connectivity index (χ1) is 12.0. The number of imidazole rings is 1. The number of anilines is 1. The fraction of sp³-hybridized carbons (Fsp3) is 0.263. The number of nitrogens with one attached hydrogen (secondary N) is 1. The average Bonchev–Trinajstić information content (AvgIpc) is 3.03. The third kappa shape index (κ3) is 4.16. The third-order valence-electron chi connectivity index (χ3n) is 3.94. The highest BCUT2D eigenvalue weighted by atomic mass is 16.5. The summed E-state index contributed by atoms with van der Waals surface area (Å²) in [5.41, 5.74) is 8.27. The number of carbonyl (C=O) groups excluding carboxylic acids is 1. The van der Waals surface area contributed by atoms with E-state index in [9.17, 15) is 4.79 Å². The molecule has 25 heavy (non-hydrogen) atoms. The zero-order chi connectivity index (χ0) is 17.8. The minimum absolute atomic E-state index is 0.0908. The molecule has 0 aliphatic carbocycles. The first kappa shape index (κ1) is 17.0. The molecular weight excluding hydrogens is 316 g/mol. The van der Waals surface area contributed by atoms with Gasteiger partial charge < -0.3 is 20.2 Å². The van der Waals surface area contributed by atoms with Crippen molar-refractivity contribution in [1.29, 1.82) is 0 Å². The molecule has 1 aromatic carbocycles. The minimum atomic E-state index is -0.522. The number of nitrogens with two attached hydrogens (primary N) is 1.